The summed E-state index contributed by atoms with van der Waals surface area (Å²) in [4.78, 5) is 25.1. The third-order valence-corrected chi connectivity index (χ3v) is 2.00. The summed E-state index contributed by atoms with van der Waals surface area (Å²) in [5.41, 5.74) is 0.316. The van der Waals surface area contributed by atoms with E-state index in [1.165, 1.54) is 18.3 Å². The van der Waals surface area contributed by atoms with Gasteiger partial charge in [0, 0.05) is 12.6 Å². The molecular weight excluding hydrogens is 265 g/mol. The van der Waals surface area contributed by atoms with Gasteiger partial charge in [-0.05, 0) is 18.6 Å². The molecule has 0 aliphatic carbocycles. The Labute approximate surface area is 109 Å². The summed E-state index contributed by atoms with van der Waals surface area (Å²) >= 11 is 0. The topological polar surface area (TPSA) is 76.5 Å². The lowest BCUT2D eigenvalue weighted by atomic mass is 10.1. The molecule has 0 radical (unpaired) electrons. The Morgan fingerprint density at radius 2 is 2.17 bits per heavy atom. The van der Waals surface area contributed by atoms with E-state index in [1.54, 1.807) is 6.92 Å². The standard InChI is InChI=1S/C11H12FNO4.ClH/c1-2-17-11(16)8(12)5-7-3-4-9(10(14)15)13-6-7;/h3-4,6,8H,2,5H2,1H3,(H,14,15);1H. The van der Waals surface area contributed by atoms with Gasteiger partial charge in [-0.1, -0.05) is 6.07 Å². The van der Waals surface area contributed by atoms with Crippen molar-refractivity contribution in [1.82, 2.24) is 4.98 Å². The molecule has 0 fully saturated rings. The summed E-state index contributed by atoms with van der Waals surface area (Å²) < 4.78 is 17.8. The van der Waals surface area contributed by atoms with E-state index >= 15 is 0 Å². The van der Waals surface area contributed by atoms with Gasteiger partial charge in [-0.25, -0.2) is 19.0 Å². The predicted octanol–water partition coefficient (Wildman–Crippen LogP) is 1.65. The summed E-state index contributed by atoms with van der Waals surface area (Å²) in [6.45, 7) is 1.71. The van der Waals surface area contributed by atoms with Crippen LogP contribution in [0.1, 0.15) is 23.0 Å². The van der Waals surface area contributed by atoms with Crippen molar-refractivity contribution < 1.29 is 23.8 Å². The first-order valence-corrected chi connectivity index (χ1v) is 5.03. The summed E-state index contributed by atoms with van der Waals surface area (Å²) in [6.07, 6.45) is -0.700. The molecule has 1 unspecified atom stereocenters. The second-order valence-electron chi connectivity index (χ2n) is 3.28. The van der Waals surface area contributed by atoms with E-state index in [2.05, 4.69) is 9.72 Å². The normalized spacial score (nSPS) is 11.2. The Balaban J connectivity index is 0.00000289. The monoisotopic (exact) mass is 277 g/mol. The van der Waals surface area contributed by atoms with Crippen molar-refractivity contribution in [3.8, 4) is 0 Å². The summed E-state index contributed by atoms with van der Waals surface area (Å²) in [5, 5.41) is 8.61. The molecule has 18 heavy (non-hydrogen) atoms. The van der Waals surface area contributed by atoms with Crippen molar-refractivity contribution >= 4 is 24.3 Å². The minimum Gasteiger partial charge on any atom is -0.477 e. The fourth-order valence-electron chi connectivity index (χ4n) is 1.19. The number of halogens is 2. The molecule has 0 aliphatic rings. The van der Waals surface area contributed by atoms with Crippen LogP contribution in [-0.4, -0.2) is 34.8 Å². The van der Waals surface area contributed by atoms with Gasteiger partial charge in [0.05, 0.1) is 6.61 Å². The molecule has 5 nitrogen and oxygen atoms in total. The molecule has 1 rings (SSSR count). The number of carbonyl (C=O) groups excluding carboxylic acids is 1. The molecule has 7 heteroatoms. The minimum absolute atomic E-state index is 0. The van der Waals surface area contributed by atoms with Crippen LogP contribution in [0.5, 0.6) is 0 Å². The fourth-order valence-corrected chi connectivity index (χ4v) is 1.19. The number of nitrogens with zero attached hydrogens (tertiary/aromatic N) is 1. The number of carbonyl (C=O) groups is 2. The van der Waals surface area contributed by atoms with E-state index in [0.29, 0.717) is 5.56 Å². The predicted molar refractivity (Wildman–Crippen MR) is 63.7 cm³/mol. The Hall–Kier alpha value is -1.69. The van der Waals surface area contributed by atoms with Crippen molar-refractivity contribution in [2.24, 2.45) is 0 Å². The fraction of sp³-hybridized carbons (Fsp3) is 0.364. The van der Waals surface area contributed by atoms with E-state index in [-0.39, 0.29) is 31.1 Å². The number of carboxylic acid groups (broad SMARTS) is 1. The number of pyridine rings is 1. The first-order valence-electron chi connectivity index (χ1n) is 5.03. The van der Waals surface area contributed by atoms with Gasteiger partial charge >= 0.3 is 11.9 Å². The Morgan fingerprint density at radius 1 is 1.50 bits per heavy atom. The van der Waals surface area contributed by atoms with Gasteiger partial charge < -0.3 is 9.84 Å². The van der Waals surface area contributed by atoms with Crippen LogP contribution in [0, 0.1) is 0 Å². The molecule has 100 valence electrons. The van der Waals surface area contributed by atoms with Crippen LogP contribution in [0.15, 0.2) is 18.3 Å². The Kier molecular flexibility index (Phi) is 6.89. The van der Waals surface area contributed by atoms with Gasteiger partial charge in [-0.2, -0.15) is 0 Å². The molecule has 1 atom stereocenters. The van der Waals surface area contributed by atoms with E-state index < -0.39 is 18.1 Å². The Morgan fingerprint density at radius 3 is 2.61 bits per heavy atom. The lowest BCUT2D eigenvalue weighted by Gasteiger charge is -2.07. The van der Waals surface area contributed by atoms with Crippen LogP contribution in [0.2, 0.25) is 0 Å². The van der Waals surface area contributed by atoms with Crippen LogP contribution in [0.25, 0.3) is 0 Å². The highest BCUT2D eigenvalue weighted by Crippen LogP contribution is 2.07. The maximum absolute atomic E-state index is 13.3. The van der Waals surface area contributed by atoms with Crippen LogP contribution in [0.4, 0.5) is 4.39 Å². The zero-order chi connectivity index (χ0) is 12.8. The molecule has 0 amide bonds. The summed E-state index contributed by atoms with van der Waals surface area (Å²) in [5.74, 6) is -2.08. The summed E-state index contributed by atoms with van der Waals surface area (Å²) in [7, 11) is 0. The molecule has 0 saturated carbocycles. The second kappa shape index (κ2) is 7.60. The minimum atomic E-state index is -1.76. The number of hydrogen-bond acceptors (Lipinski definition) is 4. The van der Waals surface area contributed by atoms with Crippen molar-refractivity contribution in [3.63, 3.8) is 0 Å². The number of carboxylic acids is 1. The highest BCUT2D eigenvalue weighted by molar-refractivity contribution is 5.85. The van der Waals surface area contributed by atoms with Crippen molar-refractivity contribution in [2.75, 3.05) is 6.61 Å². The lowest BCUT2D eigenvalue weighted by molar-refractivity contribution is -0.149. The number of aromatic carboxylic acids is 1. The molecule has 0 spiro atoms. The van der Waals surface area contributed by atoms with Crippen LogP contribution >= 0.6 is 12.4 Å². The molecule has 0 bridgehead atoms. The maximum Gasteiger partial charge on any atom is 0.354 e. The number of esters is 1. The zero-order valence-corrected chi connectivity index (χ0v) is 10.4. The van der Waals surface area contributed by atoms with Crippen molar-refractivity contribution in [3.05, 3.63) is 29.6 Å². The van der Waals surface area contributed by atoms with Crippen LogP contribution in [-0.2, 0) is 16.0 Å². The van der Waals surface area contributed by atoms with E-state index in [0.717, 1.165) is 0 Å². The maximum atomic E-state index is 13.3. The Bertz CT molecular complexity index is 410. The molecule has 1 aromatic heterocycles. The molecule has 0 aromatic carbocycles. The van der Waals surface area contributed by atoms with Crippen LogP contribution in [0.3, 0.4) is 0 Å². The number of alkyl halides is 1. The highest BCUT2D eigenvalue weighted by atomic mass is 35.5. The quantitative estimate of drug-likeness (QED) is 0.828. The first kappa shape index (κ1) is 16.3. The van der Waals surface area contributed by atoms with Gasteiger partial charge in [-0.15, -0.1) is 12.4 Å². The number of aromatic nitrogens is 1. The van der Waals surface area contributed by atoms with Gasteiger partial charge in [0.25, 0.3) is 0 Å². The van der Waals surface area contributed by atoms with Crippen molar-refractivity contribution in [2.45, 2.75) is 19.5 Å². The molecule has 0 saturated heterocycles. The molecular formula is C11H13ClFNO4. The van der Waals surface area contributed by atoms with Gasteiger partial charge in [-0.3, -0.25) is 0 Å². The molecule has 1 aromatic rings. The average Bonchev–Trinajstić information content (AvgIpc) is 2.30. The molecule has 1 heterocycles. The van der Waals surface area contributed by atoms with Gasteiger partial charge in [0.2, 0.25) is 6.17 Å². The number of ether oxygens (including phenoxy) is 1. The average molecular weight is 278 g/mol. The smallest absolute Gasteiger partial charge is 0.354 e. The number of rotatable bonds is 5. The third-order valence-electron chi connectivity index (χ3n) is 2.00. The van der Waals surface area contributed by atoms with Gasteiger partial charge in [0.1, 0.15) is 5.69 Å². The first-order chi connectivity index (χ1) is 8.04. The van der Waals surface area contributed by atoms with E-state index in [9.17, 15) is 14.0 Å². The molecule has 0 aliphatic heterocycles. The largest absolute Gasteiger partial charge is 0.477 e. The zero-order valence-electron chi connectivity index (χ0n) is 9.63. The SMILES string of the molecule is CCOC(=O)C(F)Cc1ccc(C(=O)O)nc1.Cl. The molecule has 1 N–H and O–H groups in total. The lowest BCUT2D eigenvalue weighted by Crippen LogP contribution is -2.21. The van der Waals surface area contributed by atoms with Gasteiger partial charge in [0.15, 0.2) is 0 Å². The third kappa shape index (κ3) is 4.67. The van der Waals surface area contributed by atoms with Crippen molar-refractivity contribution in [1.29, 1.82) is 0 Å². The second-order valence-corrected chi connectivity index (χ2v) is 3.28. The summed E-state index contributed by atoms with van der Waals surface area (Å²) in [6, 6.07) is 2.68. The number of hydrogen-bond donors (Lipinski definition) is 1. The highest BCUT2D eigenvalue weighted by Gasteiger charge is 2.19. The van der Waals surface area contributed by atoms with E-state index in [1.807, 2.05) is 0 Å². The van der Waals surface area contributed by atoms with E-state index in [4.69, 9.17) is 5.11 Å². The van der Waals surface area contributed by atoms with Crippen LogP contribution < -0.4 is 0 Å².